The van der Waals surface area contributed by atoms with Crippen molar-refractivity contribution in [2.75, 3.05) is 11.1 Å². The topological polar surface area (TPSA) is 81.4 Å². The second-order valence-corrected chi connectivity index (χ2v) is 6.98. The maximum absolute atomic E-state index is 12.5. The maximum atomic E-state index is 12.5. The zero-order chi connectivity index (χ0) is 20.9. The molecule has 1 atom stereocenters. The largest absolute Gasteiger partial charge is 0.452 e. The number of thioether (sulfide) groups is 1. The third kappa shape index (κ3) is 6.01. The second kappa shape index (κ2) is 9.13. The van der Waals surface area contributed by atoms with Gasteiger partial charge < -0.3 is 14.6 Å². The molecule has 152 valence electrons. The maximum Gasteiger partial charge on any atom is 0.416 e. The van der Waals surface area contributed by atoms with E-state index >= 15 is 0 Å². The molecular weight excluding hydrogens is 397 g/mol. The Kier molecular flexibility index (Phi) is 7.11. The number of benzene rings is 1. The molecule has 10 heteroatoms. The number of hydrogen-bond donors (Lipinski definition) is 1. The van der Waals surface area contributed by atoms with E-state index in [0.29, 0.717) is 11.5 Å². The van der Waals surface area contributed by atoms with Crippen LogP contribution in [0.5, 0.6) is 0 Å². The van der Waals surface area contributed by atoms with Gasteiger partial charge >= 0.3 is 12.1 Å². The summed E-state index contributed by atoms with van der Waals surface area (Å²) in [7, 11) is 0. The highest BCUT2D eigenvalue weighted by atomic mass is 32.2. The summed E-state index contributed by atoms with van der Waals surface area (Å²) in [6.07, 6.45) is -5.54. The SMILES string of the molecule is Cc1noc(C)c1CSCC(=O)O[C@@H](C)C(=O)Nc1ccc(C(F)(F)F)cc1. The minimum atomic E-state index is -4.45. The summed E-state index contributed by atoms with van der Waals surface area (Å²) >= 11 is 1.30. The summed E-state index contributed by atoms with van der Waals surface area (Å²) in [5.74, 6) is 0.0167. The van der Waals surface area contributed by atoms with Crippen molar-refractivity contribution in [2.45, 2.75) is 38.8 Å². The van der Waals surface area contributed by atoms with Gasteiger partial charge in [-0.25, -0.2) is 0 Å². The van der Waals surface area contributed by atoms with Crippen LogP contribution < -0.4 is 5.32 Å². The second-order valence-electron chi connectivity index (χ2n) is 5.99. The van der Waals surface area contributed by atoms with Crippen LogP contribution in [-0.2, 0) is 26.3 Å². The zero-order valence-electron chi connectivity index (χ0n) is 15.4. The van der Waals surface area contributed by atoms with Crippen LogP contribution in [0.4, 0.5) is 18.9 Å². The number of halogens is 3. The Hall–Kier alpha value is -2.49. The lowest BCUT2D eigenvalue weighted by molar-refractivity contribution is -0.150. The third-order valence-electron chi connectivity index (χ3n) is 3.80. The standard InChI is InChI=1S/C18H19F3N2O4S/c1-10-15(11(2)27-23-10)8-28-9-16(24)26-12(3)17(25)22-14-6-4-13(5-7-14)18(19,20)21/h4-7,12H,8-9H2,1-3H3,(H,22,25)/t12-/m0/s1. The van der Waals surface area contributed by atoms with Crippen molar-refractivity contribution in [3.8, 4) is 0 Å². The lowest BCUT2D eigenvalue weighted by atomic mass is 10.2. The molecule has 1 amide bonds. The zero-order valence-corrected chi connectivity index (χ0v) is 16.2. The monoisotopic (exact) mass is 416 g/mol. The number of aryl methyl sites for hydroxylation is 2. The number of rotatable bonds is 7. The predicted molar refractivity (Wildman–Crippen MR) is 97.8 cm³/mol. The molecule has 1 aromatic heterocycles. The van der Waals surface area contributed by atoms with Crippen molar-refractivity contribution in [2.24, 2.45) is 0 Å². The van der Waals surface area contributed by atoms with E-state index in [-0.39, 0.29) is 11.4 Å². The van der Waals surface area contributed by atoms with Crippen LogP contribution in [0.25, 0.3) is 0 Å². The van der Waals surface area contributed by atoms with Gasteiger partial charge in [0, 0.05) is 17.0 Å². The number of carbonyl (C=O) groups is 2. The molecule has 1 heterocycles. The van der Waals surface area contributed by atoms with Crippen molar-refractivity contribution < 1.29 is 32.0 Å². The van der Waals surface area contributed by atoms with Gasteiger partial charge in [0.15, 0.2) is 6.10 Å². The van der Waals surface area contributed by atoms with E-state index in [4.69, 9.17) is 9.26 Å². The summed E-state index contributed by atoms with van der Waals surface area (Å²) < 4.78 is 47.7. The van der Waals surface area contributed by atoms with Crippen LogP contribution in [0.2, 0.25) is 0 Å². The number of ether oxygens (including phenoxy) is 1. The number of aromatic nitrogens is 1. The number of anilines is 1. The van der Waals surface area contributed by atoms with Crippen molar-refractivity contribution in [3.05, 3.63) is 46.8 Å². The van der Waals surface area contributed by atoms with Crippen molar-refractivity contribution in [3.63, 3.8) is 0 Å². The molecule has 0 aliphatic heterocycles. The molecule has 0 bridgehead atoms. The van der Waals surface area contributed by atoms with Crippen LogP contribution in [-0.4, -0.2) is 28.9 Å². The highest BCUT2D eigenvalue weighted by molar-refractivity contribution is 7.99. The normalized spacial score (nSPS) is 12.5. The first-order valence-electron chi connectivity index (χ1n) is 8.25. The molecule has 1 aromatic carbocycles. The Balaban J connectivity index is 1.79. The Morgan fingerprint density at radius 1 is 1.25 bits per heavy atom. The highest BCUT2D eigenvalue weighted by Gasteiger charge is 2.30. The first-order chi connectivity index (χ1) is 13.1. The molecule has 0 radical (unpaired) electrons. The van der Waals surface area contributed by atoms with Crippen molar-refractivity contribution >= 4 is 29.3 Å². The lowest BCUT2D eigenvalue weighted by Crippen LogP contribution is -2.30. The van der Waals surface area contributed by atoms with Gasteiger partial charge in [0.25, 0.3) is 5.91 Å². The number of nitrogens with one attached hydrogen (secondary N) is 1. The number of carbonyl (C=O) groups excluding carboxylic acids is 2. The highest BCUT2D eigenvalue weighted by Crippen LogP contribution is 2.29. The number of esters is 1. The molecule has 0 spiro atoms. The van der Waals surface area contributed by atoms with Gasteiger partial charge in [-0.15, -0.1) is 11.8 Å². The van der Waals surface area contributed by atoms with E-state index in [1.165, 1.54) is 18.7 Å². The summed E-state index contributed by atoms with van der Waals surface area (Å²) in [6, 6.07) is 3.98. The summed E-state index contributed by atoms with van der Waals surface area (Å²) in [6.45, 7) is 4.97. The molecule has 0 unspecified atom stereocenters. The molecule has 6 nitrogen and oxygen atoms in total. The number of nitrogens with zero attached hydrogens (tertiary/aromatic N) is 1. The summed E-state index contributed by atoms with van der Waals surface area (Å²) in [5.41, 5.74) is 1.02. The van der Waals surface area contributed by atoms with Gasteiger partial charge in [-0.2, -0.15) is 13.2 Å². The molecule has 0 saturated carbocycles. The number of alkyl halides is 3. The van der Waals surface area contributed by atoms with Crippen molar-refractivity contribution in [1.29, 1.82) is 0 Å². The van der Waals surface area contributed by atoms with Gasteiger partial charge in [0.1, 0.15) is 5.76 Å². The third-order valence-corrected chi connectivity index (χ3v) is 4.74. The molecule has 0 aliphatic rings. The molecule has 28 heavy (non-hydrogen) atoms. The first-order valence-corrected chi connectivity index (χ1v) is 9.40. The summed E-state index contributed by atoms with van der Waals surface area (Å²) in [5, 5.41) is 6.23. The Labute approximate surface area is 163 Å². The fraction of sp³-hybridized carbons (Fsp3) is 0.389. The number of amides is 1. The first kappa shape index (κ1) is 21.8. The smallest absolute Gasteiger partial charge is 0.416 e. The summed E-state index contributed by atoms with van der Waals surface area (Å²) in [4.78, 5) is 23.9. The minimum absolute atomic E-state index is 0.0297. The molecular formula is C18H19F3N2O4S. The van der Waals surface area contributed by atoms with E-state index in [2.05, 4.69) is 10.5 Å². The molecule has 0 aliphatic carbocycles. The van der Waals surface area contributed by atoms with E-state index < -0.39 is 29.7 Å². The van der Waals surface area contributed by atoms with Crippen LogP contribution in [0.3, 0.4) is 0 Å². The van der Waals surface area contributed by atoms with E-state index in [1.54, 1.807) is 13.8 Å². The van der Waals surface area contributed by atoms with Gasteiger partial charge in [-0.05, 0) is 45.0 Å². The van der Waals surface area contributed by atoms with Crippen molar-refractivity contribution in [1.82, 2.24) is 5.16 Å². The molecule has 0 fully saturated rings. The van der Waals surface area contributed by atoms with Crippen LogP contribution >= 0.6 is 11.8 Å². The lowest BCUT2D eigenvalue weighted by Gasteiger charge is -2.14. The van der Waals surface area contributed by atoms with Crippen LogP contribution in [0.15, 0.2) is 28.8 Å². The van der Waals surface area contributed by atoms with E-state index in [1.807, 2.05) is 0 Å². The van der Waals surface area contributed by atoms with Gasteiger partial charge in [0.05, 0.1) is 17.0 Å². The minimum Gasteiger partial charge on any atom is -0.452 e. The molecule has 2 rings (SSSR count). The van der Waals surface area contributed by atoms with Crippen LogP contribution in [0, 0.1) is 13.8 Å². The molecule has 0 saturated heterocycles. The predicted octanol–water partition coefficient (Wildman–Crippen LogP) is 4.11. The van der Waals surface area contributed by atoms with Gasteiger partial charge in [0.2, 0.25) is 0 Å². The quantitative estimate of drug-likeness (QED) is 0.684. The number of hydrogen-bond acceptors (Lipinski definition) is 6. The molecule has 2 aromatic rings. The molecule has 1 N–H and O–H groups in total. The Morgan fingerprint density at radius 2 is 1.89 bits per heavy atom. The fourth-order valence-electron chi connectivity index (χ4n) is 2.22. The van der Waals surface area contributed by atoms with Gasteiger partial charge in [-0.1, -0.05) is 5.16 Å². The van der Waals surface area contributed by atoms with E-state index in [9.17, 15) is 22.8 Å². The Bertz CT molecular complexity index is 815. The average molecular weight is 416 g/mol. The van der Waals surface area contributed by atoms with E-state index in [0.717, 1.165) is 35.5 Å². The van der Waals surface area contributed by atoms with Gasteiger partial charge in [-0.3, -0.25) is 9.59 Å². The fourth-order valence-corrected chi connectivity index (χ4v) is 3.17. The average Bonchev–Trinajstić information content (AvgIpc) is 2.93. The Morgan fingerprint density at radius 3 is 2.43 bits per heavy atom. The van der Waals surface area contributed by atoms with Crippen LogP contribution in [0.1, 0.15) is 29.5 Å².